The van der Waals surface area contributed by atoms with Gasteiger partial charge in [0.1, 0.15) is 0 Å². The molecule has 2 amide bonds. The number of carbonyl (C=O) groups is 2. The highest BCUT2D eigenvalue weighted by Gasteiger charge is 2.33. The van der Waals surface area contributed by atoms with Crippen molar-refractivity contribution >= 4 is 17.5 Å². The third-order valence-electron chi connectivity index (χ3n) is 6.02. The normalized spacial score (nSPS) is 19.4. The van der Waals surface area contributed by atoms with Crippen LogP contribution in [0.1, 0.15) is 67.3 Å². The Labute approximate surface area is 156 Å². The van der Waals surface area contributed by atoms with Crippen LogP contribution in [0.25, 0.3) is 0 Å². The molecule has 2 aliphatic rings. The molecule has 3 N–H and O–H groups in total. The van der Waals surface area contributed by atoms with Crippen LogP contribution in [0.4, 0.5) is 5.69 Å². The average Bonchev–Trinajstić information content (AvgIpc) is 3.18. The third kappa shape index (κ3) is 4.26. The molecule has 3 rings (SSSR count). The molecule has 0 spiro atoms. The molecule has 0 radical (unpaired) electrons. The van der Waals surface area contributed by atoms with Crippen molar-refractivity contribution in [3.8, 4) is 0 Å². The highest BCUT2D eigenvalue weighted by Crippen LogP contribution is 2.38. The molecule has 0 bridgehead atoms. The third-order valence-corrected chi connectivity index (χ3v) is 6.02. The van der Waals surface area contributed by atoms with Gasteiger partial charge in [0.05, 0.1) is 0 Å². The molecule has 142 valence electrons. The van der Waals surface area contributed by atoms with Crippen LogP contribution in [0, 0.1) is 12.3 Å². The number of benzene rings is 1. The van der Waals surface area contributed by atoms with Crippen LogP contribution in [0.2, 0.25) is 0 Å². The van der Waals surface area contributed by atoms with Crippen molar-refractivity contribution in [3.63, 3.8) is 0 Å². The van der Waals surface area contributed by atoms with E-state index >= 15 is 0 Å². The SMILES string of the molecule is Cc1cc(C(=O)N2CCCC2)ccc1NC(=O)CC1(CN)CCCCC1. The van der Waals surface area contributed by atoms with Gasteiger partial charge in [-0.05, 0) is 68.3 Å². The van der Waals surface area contributed by atoms with Crippen molar-refractivity contribution in [1.29, 1.82) is 0 Å². The number of amides is 2. The highest BCUT2D eigenvalue weighted by atomic mass is 16.2. The lowest BCUT2D eigenvalue weighted by atomic mass is 9.71. The molecule has 0 aromatic heterocycles. The first-order valence-corrected chi connectivity index (χ1v) is 9.93. The number of hydrogen-bond donors (Lipinski definition) is 2. The molecule has 1 saturated carbocycles. The topological polar surface area (TPSA) is 75.4 Å². The zero-order chi connectivity index (χ0) is 18.6. The van der Waals surface area contributed by atoms with Crippen LogP contribution < -0.4 is 11.1 Å². The van der Waals surface area contributed by atoms with E-state index in [0.29, 0.717) is 18.5 Å². The van der Waals surface area contributed by atoms with Gasteiger partial charge >= 0.3 is 0 Å². The summed E-state index contributed by atoms with van der Waals surface area (Å²) in [6.07, 6.45) is 8.31. The van der Waals surface area contributed by atoms with E-state index < -0.39 is 0 Å². The minimum absolute atomic E-state index is 0.0269. The first kappa shape index (κ1) is 18.9. The summed E-state index contributed by atoms with van der Waals surface area (Å²) in [5, 5.41) is 3.03. The van der Waals surface area contributed by atoms with E-state index in [9.17, 15) is 9.59 Å². The maximum absolute atomic E-state index is 12.6. The summed E-state index contributed by atoms with van der Waals surface area (Å²) < 4.78 is 0. The minimum Gasteiger partial charge on any atom is -0.339 e. The number of nitrogens with two attached hydrogens (primary N) is 1. The minimum atomic E-state index is -0.0398. The van der Waals surface area contributed by atoms with Crippen LogP contribution >= 0.6 is 0 Å². The maximum atomic E-state index is 12.6. The molecule has 5 heteroatoms. The molecule has 1 aliphatic carbocycles. The first-order valence-electron chi connectivity index (χ1n) is 9.93. The number of nitrogens with one attached hydrogen (secondary N) is 1. The Morgan fingerprint density at radius 3 is 2.42 bits per heavy atom. The summed E-state index contributed by atoms with van der Waals surface area (Å²) in [4.78, 5) is 27.0. The molecule has 1 aliphatic heterocycles. The summed E-state index contributed by atoms with van der Waals surface area (Å²) in [5.41, 5.74) is 8.38. The van der Waals surface area contributed by atoms with Crippen molar-refractivity contribution in [2.45, 2.75) is 58.3 Å². The lowest BCUT2D eigenvalue weighted by Gasteiger charge is -2.35. The van der Waals surface area contributed by atoms with Crippen LogP contribution in [0.15, 0.2) is 18.2 Å². The number of likely N-dealkylation sites (tertiary alicyclic amines) is 1. The van der Waals surface area contributed by atoms with Gasteiger partial charge in [-0.2, -0.15) is 0 Å². The van der Waals surface area contributed by atoms with Gasteiger partial charge in [-0.3, -0.25) is 9.59 Å². The fourth-order valence-corrected chi connectivity index (χ4v) is 4.33. The van der Waals surface area contributed by atoms with E-state index in [0.717, 1.165) is 62.9 Å². The van der Waals surface area contributed by atoms with E-state index in [4.69, 9.17) is 5.73 Å². The monoisotopic (exact) mass is 357 g/mol. The molecule has 26 heavy (non-hydrogen) atoms. The standard InChI is InChI=1S/C21H31N3O2/c1-16-13-17(20(26)24-11-5-6-12-24)7-8-18(16)23-19(25)14-21(15-22)9-3-2-4-10-21/h7-8,13H,2-6,9-12,14-15,22H2,1H3,(H,23,25). The summed E-state index contributed by atoms with van der Waals surface area (Å²) in [5.74, 6) is 0.117. The number of anilines is 1. The van der Waals surface area contributed by atoms with Crippen molar-refractivity contribution in [2.24, 2.45) is 11.1 Å². The molecule has 0 unspecified atom stereocenters. The fraction of sp³-hybridized carbons (Fsp3) is 0.619. The predicted molar refractivity (Wildman–Crippen MR) is 104 cm³/mol. The highest BCUT2D eigenvalue weighted by molar-refractivity contribution is 5.96. The molecule has 1 aromatic carbocycles. The van der Waals surface area contributed by atoms with Gasteiger partial charge in [0, 0.05) is 30.8 Å². The average molecular weight is 357 g/mol. The summed E-state index contributed by atoms with van der Waals surface area (Å²) in [6.45, 7) is 4.20. The largest absolute Gasteiger partial charge is 0.339 e. The van der Waals surface area contributed by atoms with Gasteiger partial charge in [-0.25, -0.2) is 0 Å². The second-order valence-electron chi connectivity index (χ2n) is 8.02. The molecule has 0 atom stereocenters. The first-order chi connectivity index (χ1) is 12.5. The van der Waals surface area contributed by atoms with Crippen molar-refractivity contribution in [1.82, 2.24) is 4.90 Å². The van der Waals surface area contributed by atoms with Gasteiger partial charge in [0.25, 0.3) is 5.91 Å². The van der Waals surface area contributed by atoms with E-state index in [1.54, 1.807) is 0 Å². The molecular formula is C21H31N3O2. The summed E-state index contributed by atoms with van der Waals surface area (Å²) in [6, 6.07) is 5.56. The second-order valence-corrected chi connectivity index (χ2v) is 8.02. The zero-order valence-electron chi connectivity index (χ0n) is 15.9. The van der Waals surface area contributed by atoms with Crippen LogP contribution in [0.5, 0.6) is 0 Å². The van der Waals surface area contributed by atoms with Gasteiger partial charge < -0.3 is 16.0 Å². The van der Waals surface area contributed by atoms with E-state index in [2.05, 4.69) is 5.32 Å². The Morgan fingerprint density at radius 1 is 1.12 bits per heavy atom. The number of aryl methyl sites for hydroxylation is 1. The van der Waals surface area contributed by atoms with Crippen molar-refractivity contribution in [2.75, 3.05) is 25.0 Å². The molecular weight excluding hydrogens is 326 g/mol. The number of hydrogen-bond acceptors (Lipinski definition) is 3. The van der Waals surface area contributed by atoms with Crippen LogP contribution in [-0.4, -0.2) is 36.3 Å². The summed E-state index contributed by atoms with van der Waals surface area (Å²) in [7, 11) is 0. The van der Waals surface area contributed by atoms with Crippen LogP contribution in [0.3, 0.4) is 0 Å². The number of nitrogens with zero attached hydrogens (tertiary/aromatic N) is 1. The smallest absolute Gasteiger partial charge is 0.253 e. The number of rotatable bonds is 5. The predicted octanol–water partition coefficient (Wildman–Crippen LogP) is 3.47. The zero-order valence-corrected chi connectivity index (χ0v) is 15.9. The van der Waals surface area contributed by atoms with Gasteiger partial charge in [-0.15, -0.1) is 0 Å². The van der Waals surface area contributed by atoms with Crippen molar-refractivity contribution in [3.05, 3.63) is 29.3 Å². The Morgan fingerprint density at radius 2 is 1.81 bits per heavy atom. The van der Waals surface area contributed by atoms with Crippen molar-refractivity contribution < 1.29 is 9.59 Å². The van der Waals surface area contributed by atoms with E-state index in [1.807, 2.05) is 30.0 Å². The Balaban J connectivity index is 1.64. The van der Waals surface area contributed by atoms with E-state index in [-0.39, 0.29) is 17.2 Å². The van der Waals surface area contributed by atoms with E-state index in [1.165, 1.54) is 6.42 Å². The molecule has 1 heterocycles. The lowest BCUT2D eigenvalue weighted by molar-refractivity contribution is -0.118. The van der Waals surface area contributed by atoms with Gasteiger partial charge in [-0.1, -0.05) is 19.3 Å². The number of carbonyl (C=O) groups excluding carboxylic acids is 2. The fourth-order valence-electron chi connectivity index (χ4n) is 4.33. The van der Waals surface area contributed by atoms with Gasteiger partial charge in [0.2, 0.25) is 5.91 Å². The molecule has 5 nitrogen and oxygen atoms in total. The Kier molecular flexibility index (Phi) is 5.97. The Bertz CT molecular complexity index is 659. The maximum Gasteiger partial charge on any atom is 0.253 e. The second kappa shape index (κ2) is 8.21. The molecule has 1 saturated heterocycles. The summed E-state index contributed by atoms with van der Waals surface area (Å²) >= 11 is 0. The van der Waals surface area contributed by atoms with Gasteiger partial charge in [0.15, 0.2) is 0 Å². The molecule has 1 aromatic rings. The molecule has 2 fully saturated rings. The lowest BCUT2D eigenvalue weighted by Crippen LogP contribution is -2.36. The Hall–Kier alpha value is -1.88. The van der Waals surface area contributed by atoms with Crippen LogP contribution in [-0.2, 0) is 4.79 Å². The quantitative estimate of drug-likeness (QED) is 0.847.